The van der Waals surface area contributed by atoms with E-state index in [0.29, 0.717) is 6.04 Å². The molecule has 20 heavy (non-hydrogen) atoms. The first-order valence-electron chi connectivity index (χ1n) is 7.93. The van der Waals surface area contributed by atoms with Gasteiger partial charge in [0.15, 0.2) is 0 Å². The molecule has 3 heteroatoms. The van der Waals surface area contributed by atoms with Crippen molar-refractivity contribution in [3.05, 3.63) is 21.9 Å². The molecule has 0 saturated carbocycles. The van der Waals surface area contributed by atoms with Crippen molar-refractivity contribution in [3.8, 4) is 0 Å². The standard InChI is InChI=1S/C17H29NOS/c1-5-10-18-16(13-8-11-19-12-9-13)14-6-7-15(20-14)17(2,3)4/h6-7,13,16,18H,5,8-12H2,1-4H3. The fourth-order valence-corrected chi connectivity index (χ4v) is 4.01. The third-order valence-corrected chi connectivity index (χ3v) is 5.62. The zero-order valence-electron chi connectivity index (χ0n) is 13.4. The number of nitrogens with one attached hydrogen (secondary N) is 1. The maximum absolute atomic E-state index is 5.53. The number of thiophene rings is 1. The van der Waals surface area contributed by atoms with Crippen LogP contribution < -0.4 is 5.32 Å². The van der Waals surface area contributed by atoms with Crippen molar-refractivity contribution in [2.45, 2.75) is 58.4 Å². The maximum Gasteiger partial charge on any atom is 0.0469 e. The van der Waals surface area contributed by atoms with E-state index in [1.54, 1.807) is 0 Å². The molecule has 1 aliphatic heterocycles. The normalized spacial score (nSPS) is 19.2. The zero-order valence-corrected chi connectivity index (χ0v) is 14.2. The molecular formula is C17H29NOS. The average molecular weight is 295 g/mol. The van der Waals surface area contributed by atoms with Crippen LogP contribution in [0.5, 0.6) is 0 Å². The van der Waals surface area contributed by atoms with Crippen molar-refractivity contribution in [3.63, 3.8) is 0 Å². The molecule has 1 atom stereocenters. The molecule has 1 N–H and O–H groups in total. The lowest BCUT2D eigenvalue weighted by Crippen LogP contribution is -2.32. The molecule has 0 aliphatic carbocycles. The summed E-state index contributed by atoms with van der Waals surface area (Å²) in [6.07, 6.45) is 3.56. The molecule has 0 bridgehead atoms. The lowest BCUT2D eigenvalue weighted by molar-refractivity contribution is 0.0540. The molecule has 1 aromatic heterocycles. The molecule has 1 fully saturated rings. The van der Waals surface area contributed by atoms with Crippen LogP contribution in [0.3, 0.4) is 0 Å². The Morgan fingerprint density at radius 3 is 2.55 bits per heavy atom. The number of hydrogen-bond donors (Lipinski definition) is 1. The summed E-state index contributed by atoms with van der Waals surface area (Å²) in [7, 11) is 0. The van der Waals surface area contributed by atoms with E-state index in [4.69, 9.17) is 4.74 Å². The Kier molecular flexibility index (Phi) is 5.65. The maximum atomic E-state index is 5.53. The monoisotopic (exact) mass is 295 g/mol. The molecule has 0 spiro atoms. The van der Waals surface area contributed by atoms with Crippen molar-refractivity contribution in [1.82, 2.24) is 5.32 Å². The molecule has 1 aliphatic rings. The van der Waals surface area contributed by atoms with Crippen LogP contribution in [0.25, 0.3) is 0 Å². The molecule has 0 aromatic carbocycles. The molecule has 2 heterocycles. The van der Waals surface area contributed by atoms with Crippen LogP contribution >= 0.6 is 11.3 Å². The quantitative estimate of drug-likeness (QED) is 0.862. The van der Waals surface area contributed by atoms with Gasteiger partial charge in [-0.15, -0.1) is 11.3 Å². The number of rotatable bonds is 5. The Balaban J connectivity index is 2.14. The Morgan fingerprint density at radius 2 is 2.00 bits per heavy atom. The molecular weight excluding hydrogens is 266 g/mol. The Morgan fingerprint density at radius 1 is 1.30 bits per heavy atom. The van der Waals surface area contributed by atoms with Gasteiger partial charge < -0.3 is 10.1 Å². The minimum Gasteiger partial charge on any atom is -0.381 e. The molecule has 1 saturated heterocycles. The van der Waals surface area contributed by atoms with Gasteiger partial charge in [-0.05, 0) is 49.3 Å². The van der Waals surface area contributed by atoms with Crippen LogP contribution in [0.1, 0.15) is 62.8 Å². The van der Waals surface area contributed by atoms with Crippen LogP contribution in [0.4, 0.5) is 0 Å². The number of ether oxygens (including phenoxy) is 1. The smallest absolute Gasteiger partial charge is 0.0469 e. The summed E-state index contributed by atoms with van der Waals surface area (Å²) in [5.74, 6) is 0.724. The summed E-state index contributed by atoms with van der Waals surface area (Å²) in [5.41, 5.74) is 0.258. The summed E-state index contributed by atoms with van der Waals surface area (Å²) in [6, 6.07) is 5.17. The molecule has 0 radical (unpaired) electrons. The second kappa shape index (κ2) is 7.06. The second-order valence-electron chi connectivity index (χ2n) is 6.83. The third-order valence-electron chi connectivity index (χ3n) is 4.02. The highest BCUT2D eigenvalue weighted by Gasteiger charge is 2.27. The minimum absolute atomic E-state index is 0.258. The highest BCUT2D eigenvalue weighted by atomic mass is 32.1. The van der Waals surface area contributed by atoms with Gasteiger partial charge in [0.1, 0.15) is 0 Å². The van der Waals surface area contributed by atoms with Gasteiger partial charge in [-0.2, -0.15) is 0 Å². The first kappa shape index (κ1) is 16.0. The van der Waals surface area contributed by atoms with E-state index < -0.39 is 0 Å². The second-order valence-corrected chi connectivity index (χ2v) is 7.95. The van der Waals surface area contributed by atoms with Crippen molar-refractivity contribution in [2.75, 3.05) is 19.8 Å². The highest BCUT2D eigenvalue weighted by Crippen LogP contribution is 2.37. The Bertz CT molecular complexity index is 401. The molecule has 0 amide bonds. The highest BCUT2D eigenvalue weighted by molar-refractivity contribution is 7.12. The average Bonchev–Trinajstić information content (AvgIpc) is 2.90. The van der Waals surface area contributed by atoms with E-state index in [2.05, 4.69) is 45.1 Å². The lowest BCUT2D eigenvalue weighted by Gasteiger charge is -2.30. The first-order valence-corrected chi connectivity index (χ1v) is 8.75. The lowest BCUT2D eigenvalue weighted by atomic mass is 9.90. The van der Waals surface area contributed by atoms with E-state index in [1.165, 1.54) is 29.0 Å². The van der Waals surface area contributed by atoms with Crippen molar-refractivity contribution in [1.29, 1.82) is 0 Å². The van der Waals surface area contributed by atoms with E-state index in [9.17, 15) is 0 Å². The first-order chi connectivity index (χ1) is 9.52. The van der Waals surface area contributed by atoms with Crippen molar-refractivity contribution < 1.29 is 4.74 Å². The van der Waals surface area contributed by atoms with E-state index in [-0.39, 0.29) is 5.41 Å². The Hall–Kier alpha value is -0.380. The largest absolute Gasteiger partial charge is 0.381 e. The molecule has 2 rings (SSSR count). The van der Waals surface area contributed by atoms with Gasteiger partial charge >= 0.3 is 0 Å². The van der Waals surface area contributed by atoms with Crippen LogP contribution in [0.2, 0.25) is 0 Å². The van der Waals surface area contributed by atoms with Gasteiger partial charge in [-0.1, -0.05) is 27.7 Å². The van der Waals surface area contributed by atoms with Crippen LogP contribution in [0.15, 0.2) is 12.1 Å². The minimum atomic E-state index is 0.258. The summed E-state index contributed by atoms with van der Waals surface area (Å²) in [4.78, 5) is 3.00. The van der Waals surface area contributed by atoms with Crippen LogP contribution in [-0.4, -0.2) is 19.8 Å². The topological polar surface area (TPSA) is 21.3 Å². The number of hydrogen-bond acceptors (Lipinski definition) is 3. The molecule has 2 nitrogen and oxygen atoms in total. The Labute approximate surface area is 127 Å². The van der Waals surface area contributed by atoms with Crippen molar-refractivity contribution >= 4 is 11.3 Å². The molecule has 1 aromatic rings. The molecule has 114 valence electrons. The van der Waals surface area contributed by atoms with Crippen molar-refractivity contribution in [2.24, 2.45) is 5.92 Å². The summed E-state index contributed by atoms with van der Waals surface area (Å²) < 4.78 is 5.53. The van der Waals surface area contributed by atoms with Gasteiger partial charge in [0, 0.05) is 29.0 Å². The fourth-order valence-electron chi connectivity index (χ4n) is 2.77. The predicted molar refractivity (Wildman–Crippen MR) is 87.6 cm³/mol. The third kappa shape index (κ3) is 4.06. The van der Waals surface area contributed by atoms with Crippen LogP contribution in [-0.2, 0) is 10.2 Å². The van der Waals surface area contributed by atoms with Gasteiger partial charge in [-0.3, -0.25) is 0 Å². The predicted octanol–water partition coefficient (Wildman–Crippen LogP) is 4.51. The van der Waals surface area contributed by atoms with E-state index in [0.717, 1.165) is 25.7 Å². The van der Waals surface area contributed by atoms with Gasteiger partial charge in [0.05, 0.1) is 0 Å². The summed E-state index contributed by atoms with van der Waals surface area (Å²) in [6.45, 7) is 12.1. The van der Waals surface area contributed by atoms with Gasteiger partial charge in [0.25, 0.3) is 0 Å². The zero-order chi connectivity index (χ0) is 14.6. The summed E-state index contributed by atoms with van der Waals surface area (Å²) in [5, 5.41) is 3.78. The fraction of sp³-hybridized carbons (Fsp3) is 0.765. The summed E-state index contributed by atoms with van der Waals surface area (Å²) >= 11 is 1.99. The molecule has 1 unspecified atom stereocenters. The van der Waals surface area contributed by atoms with E-state index in [1.807, 2.05) is 11.3 Å². The van der Waals surface area contributed by atoms with E-state index >= 15 is 0 Å². The van der Waals surface area contributed by atoms with Crippen LogP contribution in [0, 0.1) is 5.92 Å². The van der Waals surface area contributed by atoms with Gasteiger partial charge in [0.2, 0.25) is 0 Å². The SMILES string of the molecule is CCCNC(c1ccc(C(C)(C)C)s1)C1CCOCC1. The van der Waals surface area contributed by atoms with Gasteiger partial charge in [-0.25, -0.2) is 0 Å².